The molecule has 29 heavy (non-hydrogen) atoms. The van der Waals surface area contributed by atoms with E-state index in [-0.39, 0.29) is 47.8 Å². The molecule has 7 nitrogen and oxygen atoms in total. The van der Waals surface area contributed by atoms with Crippen LogP contribution >= 0.6 is 0 Å². The van der Waals surface area contributed by atoms with Crippen LogP contribution in [0.2, 0.25) is 0 Å². The molecule has 4 rings (SSSR count). The molecule has 0 aromatic carbocycles. The Balaban J connectivity index is 1.30. The summed E-state index contributed by atoms with van der Waals surface area (Å²) in [7, 11) is 0. The van der Waals surface area contributed by atoms with Crippen molar-refractivity contribution in [3.8, 4) is 0 Å². The number of likely N-dealkylation sites (tertiary alicyclic amines) is 1. The first-order valence-corrected chi connectivity index (χ1v) is 10.7. The quantitative estimate of drug-likeness (QED) is 0.832. The highest BCUT2D eigenvalue weighted by atomic mass is 16.5. The predicted molar refractivity (Wildman–Crippen MR) is 109 cm³/mol. The number of hydrogen-bond acceptors (Lipinski definition) is 4. The molecule has 0 aliphatic carbocycles. The second-order valence-electron chi connectivity index (χ2n) is 9.36. The van der Waals surface area contributed by atoms with E-state index in [1.807, 2.05) is 29.4 Å². The fourth-order valence-corrected chi connectivity index (χ4v) is 5.13. The van der Waals surface area contributed by atoms with Gasteiger partial charge in [-0.25, -0.2) is 0 Å². The number of hydrogen-bond donors (Lipinski definition) is 1. The highest BCUT2D eigenvalue weighted by Crippen LogP contribution is 2.35. The number of carbonyl (C=O) groups is 2. The predicted octanol–water partition coefficient (Wildman–Crippen LogP) is 1.65. The second-order valence-corrected chi connectivity index (χ2v) is 9.36. The van der Waals surface area contributed by atoms with Crippen LogP contribution in [0.1, 0.15) is 57.6 Å². The van der Waals surface area contributed by atoms with Crippen molar-refractivity contribution in [3.05, 3.63) is 34.2 Å². The Bertz CT molecular complexity index is 847. The van der Waals surface area contributed by atoms with E-state index in [0.717, 1.165) is 25.0 Å². The molecule has 1 N–H and O–H groups in total. The molecule has 2 amide bonds. The molecule has 0 saturated carbocycles. The first-order chi connectivity index (χ1) is 13.8. The van der Waals surface area contributed by atoms with E-state index >= 15 is 0 Å². The maximum absolute atomic E-state index is 12.8. The average molecular weight is 402 g/mol. The lowest BCUT2D eigenvalue weighted by molar-refractivity contribution is -0.136. The van der Waals surface area contributed by atoms with E-state index in [0.29, 0.717) is 32.2 Å². The van der Waals surface area contributed by atoms with Gasteiger partial charge in [-0.2, -0.15) is 0 Å². The van der Waals surface area contributed by atoms with E-state index < -0.39 is 0 Å². The molecule has 0 spiro atoms. The number of nitrogens with zero attached hydrogens (tertiary/aromatic N) is 2. The zero-order chi connectivity index (χ0) is 20.6. The summed E-state index contributed by atoms with van der Waals surface area (Å²) in [4.78, 5) is 39.1. The largest absolute Gasteiger partial charge is 0.375 e. The van der Waals surface area contributed by atoms with Crippen molar-refractivity contribution in [2.75, 3.05) is 19.7 Å². The van der Waals surface area contributed by atoms with Crippen LogP contribution in [0.15, 0.2) is 23.0 Å². The SMILES string of the molecule is CC1(C)CC(NC(=O)CCC(=O)N2C[C@H]3C[C@@H](C2)c2cccc(=O)n2C3)CCO1. The Morgan fingerprint density at radius 1 is 1.21 bits per heavy atom. The Morgan fingerprint density at radius 2 is 2.03 bits per heavy atom. The van der Waals surface area contributed by atoms with Gasteiger partial charge in [-0.3, -0.25) is 14.4 Å². The number of rotatable bonds is 4. The van der Waals surface area contributed by atoms with Crippen molar-refractivity contribution in [1.29, 1.82) is 0 Å². The first-order valence-electron chi connectivity index (χ1n) is 10.7. The summed E-state index contributed by atoms with van der Waals surface area (Å²) >= 11 is 0. The van der Waals surface area contributed by atoms with Gasteiger partial charge in [-0.1, -0.05) is 6.07 Å². The normalized spacial score (nSPS) is 27.8. The van der Waals surface area contributed by atoms with Gasteiger partial charge in [0.15, 0.2) is 0 Å². The monoisotopic (exact) mass is 401 g/mol. The summed E-state index contributed by atoms with van der Waals surface area (Å²) in [6.07, 6.45) is 3.09. The van der Waals surface area contributed by atoms with Crippen molar-refractivity contribution < 1.29 is 14.3 Å². The molecule has 2 fully saturated rings. The lowest BCUT2D eigenvalue weighted by Crippen LogP contribution is -2.49. The molecular formula is C22H31N3O4. The number of ether oxygens (including phenoxy) is 1. The Labute approximate surface area is 171 Å². The van der Waals surface area contributed by atoms with Gasteiger partial charge in [0, 0.05) is 62.8 Å². The summed E-state index contributed by atoms with van der Waals surface area (Å²) in [5.74, 6) is 0.492. The minimum Gasteiger partial charge on any atom is -0.375 e. The summed E-state index contributed by atoms with van der Waals surface area (Å²) in [5.41, 5.74) is 0.867. The lowest BCUT2D eigenvalue weighted by atomic mass is 9.83. The number of fused-ring (bicyclic) bond motifs is 4. The van der Waals surface area contributed by atoms with E-state index in [2.05, 4.69) is 5.32 Å². The summed E-state index contributed by atoms with van der Waals surface area (Å²) < 4.78 is 7.55. The molecule has 2 saturated heterocycles. The second kappa shape index (κ2) is 7.94. The third-order valence-corrected chi connectivity index (χ3v) is 6.46. The smallest absolute Gasteiger partial charge is 0.250 e. The van der Waals surface area contributed by atoms with Gasteiger partial charge in [-0.15, -0.1) is 0 Å². The molecule has 0 radical (unpaired) electrons. The van der Waals surface area contributed by atoms with Crippen LogP contribution in [0.4, 0.5) is 0 Å². The summed E-state index contributed by atoms with van der Waals surface area (Å²) in [5, 5.41) is 3.06. The van der Waals surface area contributed by atoms with Gasteiger partial charge in [0.2, 0.25) is 11.8 Å². The maximum atomic E-state index is 12.8. The van der Waals surface area contributed by atoms with Crippen molar-refractivity contribution in [1.82, 2.24) is 14.8 Å². The minimum atomic E-state index is -0.212. The van der Waals surface area contributed by atoms with Crippen molar-refractivity contribution >= 4 is 11.8 Å². The van der Waals surface area contributed by atoms with Gasteiger partial charge in [0.1, 0.15) is 0 Å². The number of amides is 2. The number of pyridine rings is 1. The standard InChI is InChI=1S/C22H31N3O4/c1-22(2)11-17(8-9-29-22)23-19(26)6-7-20(27)24-12-15-10-16(14-24)18-4-3-5-21(28)25(18)13-15/h3-5,15-17H,6-14H2,1-2H3,(H,23,26)/t15-,16+,17?/m1/s1. The number of aromatic nitrogens is 1. The highest BCUT2D eigenvalue weighted by Gasteiger charge is 2.36. The molecule has 1 unspecified atom stereocenters. The van der Waals surface area contributed by atoms with Gasteiger partial charge in [-0.05, 0) is 45.1 Å². The average Bonchev–Trinajstić information content (AvgIpc) is 2.66. The van der Waals surface area contributed by atoms with Crippen LogP contribution in [0.5, 0.6) is 0 Å². The Kier molecular flexibility index (Phi) is 5.51. The van der Waals surface area contributed by atoms with Gasteiger partial charge in [0.25, 0.3) is 5.56 Å². The number of piperidine rings is 1. The Hall–Kier alpha value is -2.15. The van der Waals surface area contributed by atoms with Gasteiger partial charge < -0.3 is 19.5 Å². The summed E-state index contributed by atoms with van der Waals surface area (Å²) in [6.45, 7) is 6.70. The lowest BCUT2D eigenvalue weighted by Gasteiger charge is -2.42. The number of nitrogens with one attached hydrogen (secondary N) is 1. The molecule has 7 heteroatoms. The third kappa shape index (κ3) is 4.55. The highest BCUT2D eigenvalue weighted by molar-refractivity contribution is 5.84. The topological polar surface area (TPSA) is 80.6 Å². The molecule has 1 aromatic heterocycles. The molecule has 3 atom stereocenters. The molecular weight excluding hydrogens is 370 g/mol. The van der Waals surface area contributed by atoms with Crippen molar-refractivity contribution in [2.45, 2.75) is 70.1 Å². The molecule has 158 valence electrons. The first kappa shape index (κ1) is 20.1. The molecule has 2 bridgehead atoms. The minimum absolute atomic E-state index is 0.0360. The van der Waals surface area contributed by atoms with Crippen LogP contribution < -0.4 is 10.9 Å². The van der Waals surface area contributed by atoms with Crippen LogP contribution in [-0.2, 0) is 20.9 Å². The number of carbonyl (C=O) groups excluding carboxylic acids is 2. The fraction of sp³-hybridized carbons (Fsp3) is 0.682. The molecule has 3 aliphatic heterocycles. The van der Waals surface area contributed by atoms with E-state index in [9.17, 15) is 14.4 Å². The summed E-state index contributed by atoms with van der Waals surface area (Å²) in [6, 6.07) is 5.52. The van der Waals surface area contributed by atoms with Gasteiger partial charge in [0.05, 0.1) is 5.60 Å². The van der Waals surface area contributed by atoms with Crippen LogP contribution in [0, 0.1) is 5.92 Å². The van der Waals surface area contributed by atoms with Crippen molar-refractivity contribution in [3.63, 3.8) is 0 Å². The zero-order valence-electron chi connectivity index (χ0n) is 17.4. The van der Waals surface area contributed by atoms with Crippen LogP contribution in [0.3, 0.4) is 0 Å². The zero-order valence-corrected chi connectivity index (χ0v) is 17.4. The van der Waals surface area contributed by atoms with Crippen molar-refractivity contribution in [2.24, 2.45) is 5.92 Å². The molecule has 4 heterocycles. The van der Waals surface area contributed by atoms with E-state index in [1.54, 1.807) is 12.1 Å². The van der Waals surface area contributed by atoms with E-state index in [4.69, 9.17) is 4.74 Å². The third-order valence-electron chi connectivity index (χ3n) is 6.46. The maximum Gasteiger partial charge on any atom is 0.250 e. The molecule has 3 aliphatic rings. The van der Waals surface area contributed by atoms with Crippen LogP contribution in [0.25, 0.3) is 0 Å². The molecule has 1 aromatic rings. The Morgan fingerprint density at radius 3 is 2.83 bits per heavy atom. The van der Waals surface area contributed by atoms with E-state index in [1.165, 1.54) is 0 Å². The van der Waals surface area contributed by atoms with Crippen LogP contribution in [-0.4, -0.2) is 52.6 Å². The fourth-order valence-electron chi connectivity index (χ4n) is 5.13. The van der Waals surface area contributed by atoms with Gasteiger partial charge >= 0.3 is 0 Å².